The highest BCUT2D eigenvalue weighted by atomic mass is 35.5. The molecule has 0 aliphatic carbocycles. The zero-order chi connectivity index (χ0) is 18.0. The summed E-state index contributed by atoms with van der Waals surface area (Å²) in [5, 5.41) is 4.39. The number of aryl methyl sites for hydroxylation is 2. The minimum Gasteiger partial charge on any atom is -0.465 e. The van der Waals surface area contributed by atoms with Gasteiger partial charge in [0.05, 0.1) is 39.0 Å². The van der Waals surface area contributed by atoms with Crippen LogP contribution in [0.2, 0.25) is 5.02 Å². The number of hydrogen-bond donors (Lipinski definition) is 1. The molecule has 1 N–H and O–H groups in total. The molecular weight excluding hydrogens is 360 g/mol. The van der Waals surface area contributed by atoms with Crippen molar-refractivity contribution in [3.63, 3.8) is 0 Å². The number of esters is 1. The van der Waals surface area contributed by atoms with E-state index in [2.05, 4.69) is 20.3 Å². The van der Waals surface area contributed by atoms with Gasteiger partial charge in [0.2, 0.25) is 5.95 Å². The minimum atomic E-state index is -0.501. The molecule has 0 radical (unpaired) electrons. The lowest BCUT2D eigenvalue weighted by Crippen LogP contribution is -2.04. The third-order valence-electron chi connectivity index (χ3n) is 3.42. The Morgan fingerprint density at radius 1 is 1.24 bits per heavy atom. The quantitative estimate of drug-likeness (QED) is 0.682. The smallest absolute Gasteiger partial charge is 0.339 e. The number of benzene rings is 1. The Hall–Kier alpha value is -2.51. The van der Waals surface area contributed by atoms with Crippen molar-refractivity contribution in [2.75, 3.05) is 12.4 Å². The fourth-order valence-electron chi connectivity index (χ4n) is 2.31. The number of methoxy groups -OCH3 is 1. The van der Waals surface area contributed by atoms with Crippen molar-refractivity contribution in [2.45, 2.75) is 13.8 Å². The van der Waals surface area contributed by atoms with E-state index in [1.165, 1.54) is 7.11 Å². The molecule has 0 unspecified atom stereocenters. The minimum absolute atomic E-state index is 0.277. The molecule has 2 aromatic heterocycles. The Morgan fingerprint density at radius 2 is 2.04 bits per heavy atom. The number of aromatic nitrogens is 3. The standard InChI is InChI=1S/C17H15ClN4O2S/c1-9-15(25-10(2)20-9)14-6-7-19-17(22-14)21-11-4-5-13(18)12(8-11)16(23)24-3/h4-8H,1-3H3,(H,19,21,22). The van der Waals surface area contributed by atoms with Crippen molar-refractivity contribution in [1.82, 2.24) is 15.0 Å². The number of ether oxygens (including phenoxy) is 1. The molecule has 2 heterocycles. The van der Waals surface area contributed by atoms with Crippen LogP contribution < -0.4 is 5.32 Å². The number of hydrogen-bond acceptors (Lipinski definition) is 7. The molecule has 0 aliphatic rings. The van der Waals surface area contributed by atoms with E-state index in [9.17, 15) is 4.79 Å². The van der Waals surface area contributed by atoms with Crippen molar-refractivity contribution in [3.8, 4) is 10.6 Å². The Morgan fingerprint density at radius 3 is 2.72 bits per heavy atom. The lowest BCUT2D eigenvalue weighted by atomic mass is 10.2. The number of carbonyl (C=O) groups is 1. The van der Waals surface area contributed by atoms with Gasteiger partial charge in [0, 0.05) is 11.9 Å². The van der Waals surface area contributed by atoms with Gasteiger partial charge in [-0.15, -0.1) is 11.3 Å². The van der Waals surface area contributed by atoms with Gasteiger partial charge < -0.3 is 10.1 Å². The van der Waals surface area contributed by atoms with E-state index in [-0.39, 0.29) is 5.56 Å². The average Bonchev–Trinajstić information content (AvgIpc) is 2.94. The number of carbonyl (C=O) groups excluding carboxylic acids is 1. The molecule has 3 rings (SSSR count). The first-order valence-electron chi connectivity index (χ1n) is 7.40. The van der Waals surface area contributed by atoms with Crippen molar-refractivity contribution in [1.29, 1.82) is 0 Å². The zero-order valence-corrected chi connectivity index (χ0v) is 15.4. The monoisotopic (exact) mass is 374 g/mol. The third kappa shape index (κ3) is 3.78. The normalized spacial score (nSPS) is 10.6. The number of thiazole rings is 1. The van der Waals surface area contributed by atoms with Gasteiger partial charge in [0.15, 0.2) is 0 Å². The molecule has 0 spiro atoms. The van der Waals surface area contributed by atoms with Crippen LogP contribution in [0.3, 0.4) is 0 Å². The van der Waals surface area contributed by atoms with Gasteiger partial charge in [0.1, 0.15) is 0 Å². The van der Waals surface area contributed by atoms with E-state index in [1.807, 2.05) is 19.9 Å². The summed E-state index contributed by atoms with van der Waals surface area (Å²) in [5.41, 5.74) is 2.65. The highest BCUT2D eigenvalue weighted by Crippen LogP contribution is 2.29. The maximum atomic E-state index is 11.7. The molecule has 8 heteroatoms. The Balaban J connectivity index is 1.90. The first kappa shape index (κ1) is 17.3. The van der Waals surface area contributed by atoms with Gasteiger partial charge >= 0.3 is 5.97 Å². The second-order valence-electron chi connectivity index (χ2n) is 5.22. The average molecular weight is 375 g/mol. The Bertz CT molecular complexity index is 942. The summed E-state index contributed by atoms with van der Waals surface area (Å²) in [5.74, 6) is -0.0832. The number of anilines is 2. The molecule has 0 atom stereocenters. The third-order valence-corrected chi connectivity index (χ3v) is 4.84. The van der Waals surface area contributed by atoms with Gasteiger partial charge in [-0.05, 0) is 38.1 Å². The van der Waals surface area contributed by atoms with Crippen LogP contribution in [-0.2, 0) is 4.74 Å². The van der Waals surface area contributed by atoms with E-state index in [1.54, 1.807) is 35.7 Å². The summed E-state index contributed by atoms with van der Waals surface area (Å²) in [4.78, 5) is 25.9. The molecule has 0 saturated carbocycles. The molecule has 6 nitrogen and oxygen atoms in total. The fourth-order valence-corrected chi connectivity index (χ4v) is 3.40. The van der Waals surface area contributed by atoms with E-state index >= 15 is 0 Å². The maximum absolute atomic E-state index is 11.7. The molecule has 0 saturated heterocycles. The van der Waals surface area contributed by atoms with Crippen LogP contribution in [0, 0.1) is 13.8 Å². The summed E-state index contributed by atoms with van der Waals surface area (Å²) in [6.07, 6.45) is 1.68. The highest BCUT2D eigenvalue weighted by molar-refractivity contribution is 7.15. The van der Waals surface area contributed by atoms with E-state index in [4.69, 9.17) is 16.3 Å². The lowest BCUT2D eigenvalue weighted by Gasteiger charge is -2.08. The fraction of sp³-hybridized carbons (Fsp3) is 0.176. The van der Waals surface area contributed by atoms with Crippen LogP contribution in [0.25, 0.3) is 10.6 Å². The molecule has 25 heavy (non-hydrogen) atoms. The van der Waals surface area contributed by atoms with E-state index < -0.39 is 5.97 Å². The number of halogens is 1. The topological polar surface area (TPSA) is 77.0 Å². The number of nitrogens with one attached hydrogen (secondary N) is 1. The summed E-state index contributed by atoms with van der Waals surface area (Å²) in [6, 6.07) is 6.81. The van der Waals surface area contributed by atoms with Crippen LogP contribution in [0.15, 0.2) is 30.5 Å². The first-order chi connectivity index (χ1) is 12.0. The first-order valence-corrected chi connectivity index (χ1v) is 8.59. The van der Waals surface area contributed by atoms with Crippen molar-refractivity contribution < 1.29 is 9.53 Å². The maximum Gasteiger partial charge on any atom is 0.339 e. The zero-order valence-electron chi connectivity index (χ0n) is 13.8. The second-order valence-corrected chi connectivity index (χ2v) is 6.83. The molecule has 128 valence electrons. The van der Waals surface area contributed by atoms with Gasteiger partial charge in [-0.25, -0.2) is 19.7 Å². The lowest BCUT2D eigenvalue weighted by molar-refractivity contribution is 0.0601. The largest absolute Gasteiger partial charge is 0.465 e. The summed E-state index contributed by atoms with van der Waals surface area (Å²) >= 11 is 7.62. The summed E-state index contributed by atoms with van der Waals surface area (Å²) in [6.45, 7) is 3.92. The van der Waals surface area contributed by atoms with Crippen LogP contribution in [-0.4, -0.2) is 28.0 Å². The Labute approximate surface area is 153 Å². The van der Waals surface area contributed by atoms with E-state index in [0.717, 1.165) is 21.3 Å². The highest BCUT2D eigenvalue weighted by Gasteiger charge is 2.13. The van der Waals surface area contributed by atoms with Gasteiger partial charge in [0.25, 0.3) is 0 Å². The van der Waals surface area contributed by atoms with Gasteiger partial charge in [-0.2, -0.15) is 0 Å². The SMILES string of the molecule is COC(=O)c1cc(Nc2nccc(-c3sc(C)nc3C)n2)ccc1Cl. The van der Waals surface area contributed by atoms with Crippen molar-refractivity contribution >= 4 is 40.5 Å². The molecule has 0 aliphatic heterocycles. The predicted octanol–water partition coefficient (Wildman–Crippen LogP) is 4.40. The summed E-state index contributed by atoms with van der Waals surface area (Å²) in [7, 11) is 1.31. The van der Waals surface area contributed by atoms with E-state index in [0.29, 0.717) is 16.7 Å². The molecular formula is C17H15ClN4O2S. The van der Waals surface area contributed by atoms with Crippen molar-refractivity contribution in [2.24, 2.45) is 0 Å². The molecule has 0 bridgehead atoms. The van der Waals surface area contributed by atoms with Crippen LogP contribution in [0.4, 0.5) is 11.6 Å². The van der Waals surface area contributed by atoms with Crippen LogP contribution in [0.1, 0.15) is 21.1 Å². The second kappa shape index (κ2) is 7.16. The predicted molar refractivity (Wildman–Crippen MR) is 98.7 cm³/mol. The van der Waals surface area contributed by atoms with Crippen LogP contribution >= 0.6 is 22.9 Å². The molecule has 3 aromatic rings. The summed E-state index contributed by atoms with van der Waals surface area (Å²) < 4.78 is 4.73. The van der Waals surface area contributed by atoms with Crippen LogP contribution in [0.5, 0.6) is 0 Å². The number of rotatable bonds is 4. The van der Waals surface area contributed by atoms with Gasteiger partial charge in [-0.1, -0.05) is 11.6 Å². The molecule has 0 fully saturated rings. The molecule has 1 aromatic carbocycles. The molecule has 0 amide bonds. The number of nitrogens with zero attached hydrogens (tertiary/aromatic N) is 3. The van der Waals surface area contributed by atoms with Crippen molar-refractivity contribution in [3.05, 3.63) is 51.7 Å². The van der Waals surface area contributed by atoms with Gasteiger partial charge in [-0.3, -0.25) is 0 Å². The Kier molecular flexibility index (Phi) is 4.96.